The molecule has 0 saturated carbocycles. The van der Waals surface area contributed by atoms with Crippen molar-refractivity contribution in [2.75, 3.05) is 4.61 Å². The summed E-state index contributed by atoms with van der Waals surface area (Å²) < 4.78 is 5.78. The highest BCUT2D eigenvalue weighted by atomic mass is 127. The summed E-state index contributed by atoms with van der Waals surface area (Å²) in [6.07, 6.45) is 0.784. The van der Waals surface area contributed by atoms with Crippen LogP contribution in [0.1, 0.15) is 27.2 Å². The van der Waals surface area contributed by atoms with Crippen LogP contribution in [0.2, 0.25) is 0 Å². The van der Waals surface area contributed by atoms with E-state index in [1.165, 1.54) is 0 Å². The smallest absolute Gasteiger partial charge is 0.206 e. The van der Waals surface area contributed by atoms with Gasteiger partial charge in [0.25, 0.3) is 0 Å². The standard InChI is InChI=1S/C7H15IN2O/c1-7(2,3)4-6(10-9)11-5-8/h4-5,9H2,1-3H3/b10-6-. The van der Waals surface area contributed by atoms with Gasteiger partial charge < -0.3 is 10.6 Å². The number of alkyl halides is 1. The van der Waals surface area contributed by atoms with Gasteiger partial charge in [-0.25, -0.2) is 0 Å². The van der Waals surface area contributed by atoms with Gasteiger partial charge in [-0.2, -0.15) is 0 Å². The zero-order chi connectivity index (χ0) is 8.91. The molecular weight excluding hydrogens is 255 g/mol. The van der Waals surface area contributed by atoms with Gasteiger partial charge in [0.15, 0.2) is 0 Å². The maximum Gasteiger partial charge on any atom is 0.206 e. The number of nitrogens with zero attached hydrogens (tertiary/aromatic N) is 1. The summed E-state index contributed by atoms with van der Waals surface area (Å²) in [5, 5.41) is 3.55. The van der Waals surface area contributed by atoms with Crippen molar-refractivity contribution in [1.29, 1.82) is 0 Å². The Bertz CT molecular complexity index is 140. The van der Waals surface area contributed by atoms with Crippen LogP contribution < -0.4 is 5.84 Å². The van der Waals surface area contributed by atoms with E-state index in [0.29, 0.717) is 10.5 Å². The number of hydrogen-bond acceptors (Lipinski definition) is 3. The Morgan fingerprint density at radius 2 is 2.09 bits per heavy atom. The minimum atomic E-state index is 0.185. The Labute approximate surface area is 81.5 Å². The molecule has 0 bridgehead atoms. The minimum Gasteiger partial charge on any atom is -0.469 e. The number of nitrogens with two attached hydrogens (primary N) is 1. The molecule has 0 fully saturated rings. The lowest BCUT2D eigenvalue weighted by molar-refractivity contribution is 0.334. The number of rotatable bonds is 2. The SMILES string of the molecule is CC(C)(C)C/C(=N/N)OCI. The highest BCUT2D eigenvalue weighted by Crippen LogP contribution is 2.19. The van der Waals surface area contributed by atoms with Gasteiger partial charge >= 0.3 is 0 Å². The third-order valence-corrected chi connectivity index (χ3v) is 1.36. The van der Waals surface area contributed by atoms with E-state index in [4.69, 9.17) is 10.6 Å². The molecule has 0 amide bonds. The number of halogens is 1. The second-order valence-electron chi connectivity index (χ2n) is 3.51. The Balaban J connectivity index is 3.90. The van der Waals surface area contributed by atoms with Gasteiger partial charge in [0.2, 0.25) is 5.90 Å². The molecule has 0 heterocycles. The number of hydrazone groups is 1. The maximum atomic E-state index is 5.18. The number of ether oxygens (including phenoxy) is 1. The van der Waals surface area contributed by atoms with Crippen molar-refractivity contribution >= 4 is 28.5 Å². The van der Waals surface area contributed by atoms with Crippen molar-refractivity contribution < 1.29 is 4.74 Å². The lowest BCUT2D eigenvalue weighted by Crippen LogP contribution is -2.16. The summed E-state index contributed by atoms with van der Waals surface area (Å²) in [6, 6.07) is 0. The molecule has 0 radical (unpaired) electrons. The van der Waals surface area contributed by atoms with E-state index >= 15 is 0 Å². The first-order chi connectivity index (χ1) is 4.99. The zero-order valence-electron chi connectivity index (χ0n) is 7.22. The predicted octanol–water partition coefficient (Wildman–Crippen LogP) is 2.10. The highest BCUT2D eigenvalue weighted by molar-refractivity contribution is 14.1. The van der Waals surface area contributed by atoms with E-state index in [0.717, 1.165) is 6.42 Å². The molecule has 0 saturated heterocycles. The van der Waals surface area contributed by atoms with Crippen molar-refractivity contribution in [2.24, 2.45) is 16.4 Å². The highest BCUT2D eigenvalue weighted by Gasteiger charge is 2.14. The molecule has 0 unspecified atom stereocenters. The quantitative estimate of drug-likeness (QED) is 0.208. The first kappa shape index (κ1) is 11.0. The summed E-state index contributed by atoms with van der Waals surface area (Å²) in [4.78, 5) is 0. The molecule has 0 atom stereocenters. The van der Waals surface area contributed by atoms with E-state index in [9.17, 15) is 0 Å². The monoisotopic (exact) mass is 270 g/mol. The third-order valence-electron chi connectivity index (χ3n) is 1.05. The summed E-state index contributed by atoms with van der Waals surface area (Å²) >= 11 is 2.12. The average Bonchev–Trinajstić information content (AvgIpc) is 1.84. The average molecular weight is 270 g/mol. The summed E-state index contributed by atoms with van der Waals surface area (Å²) in [6.45, 7) is 6.36. The maximum absolute atomic E-state index is 5.18. The lowest BCUT2D eigenvalue weighted by Gasteiger charge is -2.18. The van der Waals surface area contributed by atoms with Crippen LogP contribution in [0.5, 0.6) is 0 Å². The molecule has 0 aliphatic rings. The first-order valence-electron chi connectivity index (χ1n) is 3.45. The van der Waals surface area contributed by atoms with Gasteiger partial charge in [-0.3, -0.25) is 0 Å². The molecule has 11 heavy (non-hydrogen) atoms. The number of hydrogen-bond donors (Lipinski definition) is 1. The Kier molecular flexibility index (Phi) is 4.79. The molecule has 66 valence electrons. The molecule has 0 aromatic heterocycles. The topological polar surface area (TPSA) is 47.6 Å². The van der Waals surface area contributed by atoms with E-state index in [-0.39, 0.29) is 5.41 Å². The summed E-state index contributed by atoms with van der Waals surface area (Å²) in [5.41, 5.74) is 0.185. The molecule has 0 spiro atoms. The molecule has 0 aliphatic heterocycles. The van der Waals surface area contributed by atoms with Crippen LogP contribution in [-0.2, 0) is 4.74 Å². The van der Waals surface area contributed by atoms with E-state index in [1.54, 1.807) is 0 Å². The van der Waals surface area contributed by atoms with Crippen LogP contribution in [0.3, 0.4) is 0 Å². The van der Waals surface area contributed by atoms with Crippen molar-refractivity contribution in [2.45, 2.75) is 27.2 Å². The Morgan fingerprint density at radius 1 is 1.55 bits per heavy atom. The molecule has 0 aromatic carbocycles. The fraction of sp³-hybridized carbons (Fsp3) is 0.857. The Hall–Kier alpha value is 0. The minimum absolute atomic E-state index is 0.185. The van der Waals surface area contributed by atoms with Crippen molar-refractivity contribution in [1.82, 2.24) is 0 Å². The van der Waals surface area contributed by atoms with Gasteiger partial charge in [0.05, 0.1) is 0 Å². The molecule has 0 rings (SSSR count). The van der Waals surface area contributed by atoms with Crippen LogP contribution in [0, 0.1) is 5.41 Å². The molecule has 0 aromatic rings. The normalized spacial score (nSPS) is 13.3. The van der Waals surface area contributed by atoms with Gasteiger partial charge in [0, 0.05) is 6.42 Å². The second kappa shape index (κ2) is 4.79. The molecule has 2 N–H and O–H groups in total. The van der Waals surface area contributed by atoms with Crippen LogP contribution in [0.15, 0.2) is 5.10 Å². The molecular formula is C7H15IN2O. The van der Waals surface area contributed by atoms with E-state index < -0.39 is 0 Å². The summed E-state index contributed by atoms with van der Waals surface area (Å²) in [5.74, 6) is 5.76. The van der Waals surface area contributed by atoms with Gasteiger partial charge in [-0.15, -0.1) is 5.10 Å². The fourth-order valence-corrected chi connectivity index (χ4v) is 1.01. The molecule has 3 nitrogen and oxygen atoms in total. The first-order valence-corrected chi connectivity index (χ1v) is 4.97. The second-order valence-corrected chi connectivity index (χ2v) is 4.14. The summed E-state index contributed by atoms with van der Waals surface area (Å²) in [7, 11) is 0. The van der Waals surface area contributed by atoms with Crippen LogP contribution in [0.4, 0.5) is 0 Å². The zero-order valence-corrected chi connectivity index (χ0v) is 9.38. The van der Waals surface area contributed by atoms with Gasteiger partial charge in [-0.05, 0) is 28.0 Å². The third kappa shape index (κ3) is 6.40. The van der Waals surface area contributed by atoms with Crippen LogP contribution in [0.25, 0.3) is 0 Å². The lowest BCUT2D eigenvalue weighted by atomic mass is 9.92. The molecule has 0 aliphatic carbocycles. The Morgan fingerprint density at radius 3 is 2.36 bits per heavy atom. The predicted molar refractivity (Wildman–Crippen MR) is 55.7 cm³/mol. The largest absolute Gasteiger partial charge is 0.469 e. The van der Waals surface area contributed by atoms with Crippen molar-refractivity contribution in [3.63, 3.8) is 0 Å². The van der Waals surface area contributed by atoms with Crippen LogP contribution in [-0.4, -0.2) is 10.5 Å². The van der Waals surface area contributed by atoms with Crippen LogP contribution >= 0.6 is 22.6 Å². The fourth-order valence-electron chi connectivity index (χ4n) is 0.651. The van der Waals surface area contributed by atoms with Gasteiger partial charge in [0.1, 0.15) is 4.61 Å². The van der Waals surface area contributed by atoms with E-state index in [1.807, 2.05) is 0 Å². The van der Waals surface area contributed by atoms with Crippen molar-refractivity contribution in [3.8, 4) is 0 Å². The van der Waals surface area contributed by atoms with Gasteiger partial charge in [-0.1, -0.05) is 20.8 Å². The molecule has 4 heteroatoms. The van der Waals surface area contributed by atoms with Crippen molar-refractivity contribution in [3.05, 3.63) is 0 Å². The van der Waals surface area contributed by atoms with E-state index in [2.05, 4.69) is 48.5 Å².